The molecule has 0 aromatic rings. The number of carbonyl (C=O) groups is 1. The molecule has 0 bridgehead atoms. The molecule has 0 aromatic heterocycles. The summed E-state index contributed by atoms with van der Waals surface area (Å²) >= 11 is 0. The lowest BCUT2D eigenvalue weighted by Crippen LogP contribution is -2.33. The zero-order valence-corrected chi connectivity index (χ0v) is 9.39. The van der Waals surface area contributed by atoms with Gasteiger partial charge in [0.25, 0.3) is 0 Å². The fourth-order valence-electron chi connectivity index (χ4n) is 0.795. The molecule has 0 rings (SSSR count). The van der Waals surface area contributed by atoms with Crippen LogP contribution in [0.25, 0.3) is 0 Å². The molecule has 80 valence electrons. The molecule has 0 saturated carbocycles. The van der Waals surface area contributed by atoms with Gasteiger partial charge in [-0.05, 0) is 33.3 Å². The maximum Gasteiger partial charge on any atom is 0.407 e. The first-order valence-electron chi connectivity index (χ1n) is 4.62. The average molecular weight is 197 g/mol. The maximum absolute atomic E-state index is 11.2. The van der Waals surface area contributed by atoms with E-state index in [1.54, 1.807) is 0 Å². The minimum atomic E-state index is -0.452. The lowest BCUT2D eigenvalue weighted by molar-refractivity contribution is 0.0533. The van der Waals surface area contributed by atoms with Gasteiger partial charge < -0.3 is 10.1 Å². The van der Waals surface area contributed by atoms with Crippen molar-refractivity contribution in [1.29, 1.82) is 0 Å². The van der Waals surface area contributed by atoms with Crippen LogP contribution in [0.1, 0.15) is 27.7 Å². The second kappa shape index (κ2) is 5.47. The van der Waals surface area contributed by atoms with Gasteiger partial charge in [-0.3, -0.25) is 0 Å². The molecule has 0 radical (unpaired) electrons. The Bertz CT molecular complexity index is 236. The lowest BCUT2D eigenvalue weighted by Gasteiger charge is -2.19. The molecule has 0 aliphatic carbocycles. The molecular weight excluding hydrogens is 178 g/mol. The standard InChI is InChI=1S/C11H19NO2/c1-6-7-9(2)8-12-10(13)14-11(3,4)5/h6-7H,2,8H2,1,3-5H3,(H,12,13). The maximum atomic E-state index is 11.2. The highest BCUT2D eigenvalue weighted by molar-refractivity contribution is 5.68. The molecule has 1 N–H and O–H groups in total. The monoisotopic (exact) mass is 197 g/mol. The van der Waals surface area contributed by atoms with Crippen molar-refractivity contribution in [3.05, 3.63) is 24.3 Å². The van der Waals surface area contributed by atoms with E-state index in [9.17, 15) is 4.79 Å². The number of carbonyl (C=O) groups excluding carboxylic acids is 1. The highest BCUT2D eigenvalue weighted by atomic mass is 16.6. The van der Waals surface area contributed by atoms with Crippen LogP contribution in [0, 0.1) is 0 Å². The smallest absolute Gasteiger partial charge is 0.407 e. The average Bonchev–Trinajstić information content (AvgIpc) is 1.98. The van der Waals surface area contributed by atoms with Gasteiger partial charge in [0, 0.05) is 6.54 Å². The summed E-state index contributed by atoms with van der Waals surface area (Å²) in [6.45, 7) is 11.6. The van der Waals surface area contributed by atoms with Crippen LogP contribution in [0.2, 0.25) is 0 Å². The van der Waals surface area contributed by atoms with E-state index in [0.717, 1.165) is 5.57 Å². The van der Waals surface area contributed by atoms with Crippen LogP contribution < -0.4 is 5.32 Å². The molecule has 0 saturated heterocycles. The number of allylic oxidation sites excluding steroid dienone is 1. The lowest BCUT2D eigenvalue weighted by atomic mass is 10.2. The predicted molar refractivity (Wildman–Crippen MR) is 58.2 cm³/mol. The first kappa shape index (κ1) is 12.8. The van der Waals surface area contributed by atoms with E-state index >= 15 is 0 Å². The second-order valence-electron chi connectivity index (χ2n) is 4.01. The molecule has 0 aliphatic rings. The summed E-state index contributed by atoms with van der Waals surface area (Å²) in [7, 11) is 0. The fourth-order valence-corrected chi connectivity index (χ4v) is 0.795. The van der Waals surface area contributed by atoms with Gasteiger partial charge in [0.1, 0.15) is 5.60 Å². The van der Waals surface area contributed by atoms with Crippen LogP contribution in [0.4, 0.5) is 4.79 Å². The number of ether oxygens (including phenoxy) is 1. The summed E-state index contributed by atoms with van der Waals surface area (Å²) in [6.07, 6.45) is 3.30. The molecule has 0 aromatic carbocycles. The van der Waals surface area contributed by atoms with Crippen LogP contribution in [0.5, 0.6) is 0 Å². The van der Waals surface area contributed by atoms with E-state index in [1.165, 1.54) is 0 Å². The largest absolute Gasteiger partial charge is 0.444 e. The number of amides is 1. The van der Waals surface area contributed by atoms with Crippen LogP contribution in [0.3, 0.4) is 0 Å². The molecule has 0 spiro atoms. The molecule has 3 heteroatoms. The summed E-state index contributed by atoms with van der Waals surface area (Å²) in [5, 5.41) is 2.61. The molecule has 0 heterocycles. The van der Waals surface area contributed by atoms with Crippen molar-refractivity contribution < 1.29 is 9.53 Å². The minimum absolute atomic E-state index is 0.414. The normalized spacial score (nSPS) is 11.4. The zero-order valence-electron chi connectivity index (χ0n) is 9.39. The number of alkyl carbamates (subject to hydrolysis) is 1. The topological polar surface area (TPSA) is 38.3 Å². The second-order valence-corrected chi connectivity index (χ2v) is 4.01. The third kappa shape index (κ3) is 7.40. The summed E-state index contributed by atoms with van der Waals surface area (Å²) < 4.78 is 5.05. The summed E-state index contributed by atoms with van der Waals surface area (Å²) in [6, 6.07) is 0. The van der Waals surface area contributed by atoms with Crippen molar-refractivity contribution in [3.8, 4) is 0 Å². The van der Waals surface area contributed by atoms with Gasteiger partial charge in [-0.15, -0.1) is 0 Å². The SMILES string of the molecule is C=C(C=CC)CNC(=O)OC(C)(C)C. The van der Waals surface area contributed by atoms with E-state index in [0.29, 0.717) is 6.54 Å². The molecule has 14 heavy (non-hydrogen) atoms. The highest BCUT2D eigenvalue weighted by Crippen LogP contribution is 2.06. The van der Waals surface area contributed by atoms with E-state index in [1.807, 2.05) is 39.8 Å². The number of rotatable bonds is 3. The Morgan fingerprint density at radius 2 is 2.07 bits per heavy atom. The summed E-state index contributed by atoms with van der Waals surface area (Å²) in [5.74, 6) is 0. The Labute approximate surface area is 85.8 Å². The number of hydrogen-bond donors (Lipinski definition) is 1. The van der Waals surface area contributed by atoms with Crippen molar-refractivity contribution >= 4 is 6.09 Å². The van der Waals surface area contributed by atoms with Crippen LogP contribution >= 0.6 is 0 Å². The Morgan fingerprint density at radius 1 is 1.50 bits per heavy atom. The molecule has 0 fully saturated rings. The molecule has 1 amide bonds. The first-order chi connectivity index (χ1) is 6.35. The predicted octanol–water partition coefficient (Wildman–Crippen LogP) is 2.64. The number of nitrogens with one attached hydrogen (secondary N) is 1. The Hall–Kier alpha value is -1.25. The van der Waals surface area contributed by atoms with E-state index < -0.39 is 11.7 Å². The summed E-state index contributed by atoms with van der Waals surface area (Å²) in [5.41, 5.74) is 0.393. The van der Waals surface area contributed by atoms with Crippen LogP contribution in [0.15, 0.2) is 24.3 Å². The van der Waals surface area contributed by atoms with Gasteiger partial charge >= 0.3 is 6.09 Å². The molecular formula is C11H19NO2. The molecule has 0 atom stereocenters. The highest BCUT2D eigenvalue weighted by Gasteiger charge is 2.15. The quantitative estimate of drug-likeness (QED) is 0.706. The van der Waals surface area contributed by atoms with Crippen molar-refractivity contribution in [1.82, 2.24) is 5.32 Å². The van der Waals surface area contributed by atoms with E-state index in [-0.39, 0.29) is 0 Å². The minimum Gasteiger partial charge on any atom is -0.444 e. The van der Waals surface area contributed by atoms with Gasteiger partial charge in [0.15, 0.2) is 0 Å². The Morgan fingerprint density at radius 3 is 2.50 bits per heavy atom. The molecule has 0 aliphatic heterocycles. The van der Waals surface area contributed by atoms with Crippen molar-refractivity contribution in [2.75, 3.05) is 6.54 Å². The first-order valence-corrected chi connectivity index (χ1v) is 4.62. The molecule has 3 nitrogen and oxygen atoms in total. The fraction of sp³-hybridized carbons (Fsp3) is 0.545. The zero-order chi connectivity index (χ0) is 11.2. The molecule has 0 unspecified atom stereocenters. The Balaban J connectivity index is 3.81. The summed E-state index contributed by atoms with van der Waals surface area (Å²) in [4.78, 5) is 11.2. The van der Waals surface area contributed by atoms with Gasteiger partial charge in [-0.2, -0.15) is 0 Å². The van der Waals surface area contributed by atoms with E-state index in [4.69, 9.17) is 4.74 Å². The number of hydrogen-bond acceptors (Lipinski definition) is 2. The van der Waals surface area contributed by atoms with Gasteiger partial charge in [-0.25, -0.2) is 4.79 Å². The Kier molecular flexibility index (Phi) is 4.99. The van der Waals surface area contributed by atoms with E-state index in [2.05, 4.69) is 11.9 Å². The van der Waals surface area contributed by atoms with Crippen molar-refractivity contribution in [2.24, 2.45) is 0 Å². The van der Waals surface area contributed by atoms with Crippen molar-refractivity contribution in [3.63, 3.8) is 0 Å². The van der Waals surface area contributed by atoms with Gasteiger partial charge in [0.2, 0.25) is 0 Å². The van der Waals surface area contributed by atoms with Gasteiger partial charge in [0.05, 0.1) is 0 Å². The third-order valence-corrected chi connectivity index (χ3v) is 1.26. The van der Waals surface area contributed by atoms with Crippen LogP contribution in [-0.4, -0.2) is 18.2 Å². The third-order valence-electron chi connectivity index (χ3n) is 1.26. The van der Waals surface area contributed by atoms with Crippen LogP contribution in [-0.2, 0) is 4.74 Å². The van der Waals surface area contributed by atoms with Gasteiger partial charge in [-0.1, -0.05) is 18.7 Å². The van der Waals surface area contributed by atoms with Crippen molar-refractivity contribution in [2.45, 2.75) is 33.3 Å².